The topological polar surface area (TPSA) is 19.7 Å². The quantitative estimate of drug-likeness (QED) is 0.168. The second kappa shape index (κ2) is 13.5. The van der Waals surface area contributed by atoms with Crippen LogP contribution in [-0.2, 0) is 5.41 Å². The summed E-state index contributed by atoms with van der Waals surface area (Å²) in [5.41, 5.74) is 21.7. The van der Waals surface area contributed by atoms with Crippen LogP contribution >= 0.6 is 0 Å². The van der Waals surface area contributed by atoms with Gasteiger partial charge in [0.2, 0.25) is 0 Å². The molecule has 0 fully saturated rings. The Balaban J connectivity index is 0.980. The highest BCUT2D eigenvalue weighted by atomic mass is 15.0. The van der Waals surface area contributed by atoms with Crippen molar-refractivity contribution in [1.82, 2.24) is 18.3 Å². The van der Waals surface area contributed by atoms with Gasteiger partial charge in [0.15, 0.2) is 0 Å². The molecule has 0 aliphatic heterocycles. The number of benzene rings is 10. The fraction of sp³-hybridized carbons (Fsp3) is 0.0154. The van der Waals surface area contributed by atoms with Crippen LogP contribution in [0.2, 0.25) is 0 Å². The van der Waals surface area contributed by atoms with Gasteiger partial charge in [-0.2, -0.15) is 0 Å². The lowest BCUT2D eigenvalue weighted by molar-refractivity contribution is 0.791. The highest BCUT2D eigenvalue weighted by molar-refractivity contribution is 6.20. The van der Waals surface area contributed by atoms with Gasteiger partial charge >= 0.3 is 0 Å². The van der Waals surface area contributed by atoms with Crippen molar-refractivity contribution in [2.75, 3.05) is 0 Å². The zero-order chi connectivity index (χ0) is 45.0. The Kier molecular flexibility index (Phi) is 7.24. The van der Waals surface area contributed by atoms with E-state index in [1.807, 2.05) is 0 Å². The van der Waals surface area contributed by atoms with Crippen molar-refractivity contribution in [3.05, 3.63) is 265 Å². The summed E-state index contributed by atoms with van der Waals surface area (Å²) in [7, 11) is 0. The third kappa shape index (κ3) is 4.72. The Hall–Kier alpha value is -9.12. The van der Waals surface area contributed by atoms with Gasteiger partial charge in [0, 0.05) is 67.5 Å². The number of hydrogen-bond donors (Lipinski definition) is 0. The summed E-state index contributed by atoms with van der Waals surface area (Å²) in [5.74, 6) is 0. The van der Waals surface area contributed by atoms with Crippen LogP contribution < -0.4 is 0 Å². The average Bonchev–Trinajstić information content (AvgIpc) is 4.27. The smallest absolute Gasteiger partial charge is 0.0727 e. The molecule has 16 rings (SSSR count). The van der Waals surface area contributed by atoms with E-state index in [2.05, 4.69) is 261 Å². The van der Waals surface area contributed by atoms with E-state index in [1.54, 1.807) is 0 Å². The summed E-state index contributed by atoms with van der Waals surface area (Å²) >= 11 is 0. The van der Waals surface area contributed by atoms with Crippen molar-refractivity contribution < 1.29 is 0 Å². The van der Waals surface area contributed by atoms with Gasteiger partial charge in [0.05, 0.1) is 38.5 Å². The first-order valence-corrected chi connectivity index (χ1v) is 23.9. The maximum absolute atomic E-state index is 2.53. The first-order chi connectivity index (χ1) is 34.3. The van der Waals surface area contributed by atoms with Crippen LogP contribution in [0.15, 0.2) is 243 Å². The average molecular weight is 877 g/mol. The fourth-order valence-corrected chi connectivity index (χ4v) is 12.9. The minimum Gasteiger partial charge on any atom is -0.316 e. The van der Waals surface area contributed by atoms with Gasteiger partial charge in [-0.05, 0) is 129 Å². The highest BCUT2D eigenvalue weighted by Crippen LogP contribution is 2.63. The van der Waals surface area contributed by atoms with Gasteiger partial charge in [-0.15, -0.1) is 0 Å². The summed E-state index contributed by atoms with van der Waals surface area (Å²) in [5, 5.41) is 7.46. The van der Waals surface area contributed by atoms with Crippen LogP contribution in [0.25, 0.3) is 110 Å². The highest BCUT2D eigenvalue weighted by Gasteiger charge is 2.52. The van der Waals surface area contributed by atoms with Gasteiger partial charge in [-0.1, -0.05) is 146 Å². The van der Waals surface area contributed by atoms with E-state index in [0.717, 1.165) is 22.7 Å². The molecule has 14 aromatic rings. The molecule has 0 N–H and O–H groups in total. The van der Waals surface area contributed by atoms with Gasteiger partial charge in [0.25, 0.3) is 0 Å². The number of nitrogens with zero attached hydrogens (tertiary/aromatic N) is 4. The standard InChI is InChI=1S/C65H40N4/c1-3-15-41(16-4-1)66-37-35-53-59(66)33-31-51-49-21-9-13-25-61(49)68(63(51)53)43-27-29-47-48-30-28-44(40-58(48)65(57(47)39-43)55-23-11-7-19-45(55)46-20-8-12-24-56(46)65)69-62-26-14-10-22-50(62)52-32-34-60-54(64(52)69)36-38-67(60)42-17-5-2-6-18-42/h1-40H. The van der Waals surface area contributed by atoms with Gasteiger partial charge in [-0.3, -0.25) is 0 Å². The second-order valence-corrected chi connectivity index (χ2v) is 18.8. The lowest BCUT2D eigenvalue weighted by Gasteiger charge is -2.31. The van der Waals surface area contributed by atoms with Crippen LogP contribution in [0.1, 0.15) is 22.3 Å². The first kappa shape index (κ1) is 37.0. The molecule has 1 spiro atoms. The molecule has 0 bridgehead atoms. The molecule has 4 nitrogen and oxygen atoms in total. The molecule has 320 valence electrons. The summed E-state index contributed by atoms with van der Waals surface area (Å²) in [6.07, 6.45) is 4.45. The van der Waals surface area contributed by atoms with Crippen molar-refractivity contribution in [3.8, 4) is 45.0 Å². The first-order valence-electron chi connectivity index (χ1n) is 23.9. The number of para-hydroxylation sites is 4. The molecular formula is C65H40N4. The summed E-state index contributed by atoms with van der Waals surface area (Å²) < 4.78 is 9.69. The van der Waals surface area contributed by atoms with E-state index in [4.69, 9.17) is 0 Å². The van der Waals surface area contributed by atoms with E-state index in [1.165, 1.54) is 110 Å². The van der Waals surface area contributed by atoms with E-state index in [-0.39, 0.29) is 0 Å². The molecule has 0 saturated carbocycles. The SMILES string of the molecule is c1ccc(-n2ccc3c2ccc2c4ccccc4n(-c4ccc5c(c4)C4(c6ccccc6-c6ccccc64)c4cc(-n6c7ccccc7c7ccc8c(ccn8-c8ccccc8)c76)ccc4-5)c23)cc1. The molecule has 2 aliphatic rings. The van der Waals surface area contributed by atoms with Crippen molar-refractivity contribution >= 4 is 65.4 Å². The molecule has 4 heteroatoms. The van der Waals surface area contributed by atoms with Gasteiger partial charge in [-0.25, -0.2) is 0 Å². The van der Waals surface area contributed by atoms with E-state index < -0.39 is 5.41 Å². The Labute approximate surface area is 397 Å². The lowest BCUT2D eigenvalue weighted by Crippen LogP contribution is -2.26. The predicted molar refractivity (Wildman–Crippen MR) is 285 cm³/mol. The van der Waals surface area contributed by atoms with E-state index in [9.17, 15) is 0 Å². The zero-order valence-electron chi connectivity index (χ0n) is 37.4. The Morgan fingerprint density at radius 3 is 1.13 bits per heavy atom. The molecule has 10 aromatic carbocycles. The number of fused-ring (bicyclic) bond motifs is 20. The fourth-order valence-electron chi connectivity index (χ4n) is 12.9. The Morgan fingerprint density at radius 1 is 0.246 bits per heavy atom. The zero-order valence-corrected chi connectivity index (χ0v) is 37.4. The van der Waals surface area contributed by atoms with Gasteiger partial charge < -0.3 is 18.3 Å². The van der Waals surface area contributed by atoms with E-state index >= 15 is 0 Å². The van der Waals surface area contributed by atoms with Crippen LogP contribution in [0.5, 0.6) is 0 Å². The minimum absolute atomic E-state index is 0.570. The molecule has 0 saturated heterocycles. The summed E-state index contributed by atoms with van der Waals surface area (Å²) in [6.45, 7) is 0. The third-order valence-corrected chi connectivity index (χ3v) is 15.6. The molecule has 0 unspecified atom stereocenters. The van der Waals surface area contributed by atoms with Crippen LogP contribution in [0.4, 0.5) is 0 Å². The summed E-state index contributed by atoms with van der Waals surface area (Å²) in [6, 6.07) is 86.0. The normalized spacial score (nSPS) is 13.3. The Morgan fingerprint density at radius 2 is 0.652 bits per heavy atom. The second-order valence-electron chi connectivity index (χ2n) is 18.8. The lowest BCUT2D eigenvalue weighted by atomic mass is 9.70. The van der Waals surface area contributed by atoms with Crippen molar-refractivity contribution in [2.24, 2.45) is 0 Å². The molecule has 2 aliphatic carbocycles. The maximum atomic E-state index is 2.53. The monoisotopic (exact) mass is 876 g/mol. The molecule has 0 atom stereocenters. The van der Waals surface area contributed by atoms with Crippen LogP contribution in [0, 0.1) is 0 Å². The van der Waals surface area contributed by atoms with Crippen LogP contribution in [0.3, 0.4) is 0 Å². The number of hydrogen-bond acceptors (Lipinski definition) is 0. The van der Waals surface area contributed by atoms with E-state index in [0.29, 0.717) is 0 Å². The Bertz CT molecular complexity index is 4190. The third-order valence-electron chi connectivity index (χ3n) is 15.6. The molecular weight excluding hydrogens is 837 g/mol. The van der Waals surface area contributed by atoms with Gasteiger partial charge in [0.1, 0.15) is 0 Å². The van der Waals surface area contributed by atoms with Crippen molar-refractivity contribution in [2.45, 2.75) is 5.41 Å². The molecule has 0 radical (unpaired) electrons. The molecule has 69 heavy (non-hydrogen) atoms. The van der Waals surface area contributed by atoms with Crippen LogP contribution in [-0.4, -0.2) is 18.3 Å². The number of aromatic nitrogens is 4. The largest absolute Gasteiger partial charge is 0.316 e. The molecule has 0 amide bonds. The van der Waals surface area contributed by atoms with Crippen molar-refractivity contribution in [3.63, 3.8) is 0 Å². The van der Waals surface area contributed by atoms with Crippen molar-refractivity contribution in [1.29, 1.82) is 0 Å². The summed E-state index contributed by atoms with van der Waals surface area (Å²) in [4.78, 5) is 0. The molecule has 4 aromatic heterocycles. The minimum atomic E-state index is -0.570. The predicted octanol–water partition coefficient (Wildman–Crippen LogP) is 16.1. The maximum Gasteiger partial charge on any atom is 0.0727 e. The molecule has 4 heterocycles. The number of rotatable bonds is 4.